The van der Waals surface area contributed by atoms with Crippen LogP contribution in [0.15, 0.2) is 60.7 Å². The van der Waals surface area contributed by atoms with Gasteiger partial charge in [-0.2, -0.15) is 0 Å². The molecule has 0 radical (unpaired) electrons. The second-order valence-corrected chi connectivity index (χ2v) is 9.87. The van der Waals surface area contributed by atoms with E-state index in [2.05, 4.69) is 0 Å². The Bertz CT molecular complexity index is 1230. The number of hydrogen-bond donors (Lipinski definition) is 3. The molecule has 34 heavy (non-hydrogen) atoms. The van der Waals surface area contributed by atoms with Crippen molar-refractivity contribution in [3.05, 3.63) is 77.4 Å². The van der Waals surface area contributed by atoms with E-state index in [1.54, 1.807) is 50.6 Å². The molecule has 0 amide bonds. The lowest BCUT2D eigenvalue weighted by molar-refractivity contribution is 0.196. The van der Waals surface area contributed by atoms with Crippen LogP contribution >= 0.6 is 0 Å². The number of anilines is 2. The Balaban J connectivity index is 2.21. The van der Waals surface area contributed by atoms with Gasteiger partial charge in [-0.25, -0.2) is 8.42 Å². The van der Waals surface area contributed by atoms with Gasteiger partial charge in [0.05, 0.1) is 38.3 Å². The van der Waals surface area contributed by atoms with Crippen LogP contribution in [0.2, 0.25) is 0 Å². The van der Waals surface area contributed by atoms with Crippen molar-refractivity contribution in [2.75, 3.05) is 30.5 Å². The van der Waals surface area contributed by atoms with Crippen LogP contribution in [0.25, 0.3) is 0 Å². The molecule has 182 valence electrons. The van der Waals surface area contributed by atoms with Crippen LogP contribution in [-0.4, -0.2) is 39.1 Å². The van der Waals surface area contributed by atoms with E-state index in [0.29, 0.717) is 23.5 Å². The predicted molar refractivity (Wildman–Crippen MR) is 133 cm³/mol. The fourth-order valence-electron chi connectivity index (χ4n) is 3.95. The lowest BCUT2D eigenvalue weighted by Crippen LogP contribution is -2.35. The van der Waals surface area contributed by atoms with Crippen LogP contribution in [-0.2, 0) is 16.4 Å². The van der Waals surface area contributed by atoms with Crippen LogP contribution in [0.1, 0.15) is 35.8 Å². The van der Waals surface area contributed by atoms with E-state index < -0.39 is 22.2 Å². The first-order valence-corrected chi connectivity index (χ1v) is 12.5. The van der Waals surface area contributed by atoms with Crippen molar-refractivity contribution in [1.29, 1.82) is 0 Å². The fourth-order valence-corrected chi connectivity index (χ4v) is 5.12. The summed E-state index contributed by atoms with van der Waals surface area (Å²) in [6, 6.07) is 16.6. The summed E-state index contributed by atoms with van der Waals surface area (Å²) in [6.45, 7) is 1.46. The van der Waals surface area contributed by atoms with Crippen molar-refractivity contribution in [3.8, 4) is 17.2 Å². The molecule has 0 saturated heterocycles. The zero-order chi connectivity index (χ0) is 25.0. The molecule has 2 atom stereocenters. The average Bonchev–Trinajstić information content (AvgIpc) is 2.79. The number of nitrogens with zero attached hydrogens (tertiary/aromatic N) is 1. The lowest BCUT2D eigenvalue weighted by atomic mass is 9.97. The maximum absolute atomic E-state index is 13.2. The van der Waals surface area contributed by atoms with Gasteiger partial charge >= 0.3 is 0 Å². The largest absolute Gasteiger partial charge is 0.505 e. The van der Waals surface area contributed by atoms with Crippen molar-refractivity contribution in [1.82, 2.24) is 0 Å². The van der Waals surface area contributed by atoms with Crippen molar-refractivity contribution in [2.24, 2.45) is 0 Å². The SMILES string of the molecule is COc1ccc(CC(c2ccc(OC)cc2)N(c2ccc(N)c(C(C)O)c2O)S(C)(=O)=O)cc1. The van der Waals surface area contributed by atoms with Gasteiger partial charge in [0.1, 0.15) is 17.2 Å². The molecule has 0 saturated carbocycles. The highest BCUT2D eigenvalue weighted by Crippen LogP contribution is 2.43. The second-order valence-electron chi connectivity index (χ2n) is 8.01. The lowest BCUT2D eigenvalue weighted by Gasteiger charge is -2.33. The molecule has 0 aliphatic carbocycles. The first kappa shape index (κ1) is 25.2. The smallest absolute Gasteiger partial charge is 0.232 e. The van der Waals surface area contributed by atoms with E-state index in [0.717, 1.165) is 11.8 Å². The van der Waals surface area contributed by atoms with Crippen molar-refractivity contribution < 1.29 is 28.1 Å². The van der Waals surface area contributed by atoms with Gasteiger partial charge in [0.15, 0.2) is 0 Å². The highest BCUT2D eigenvalue weighted by atomic mass is 32.2. The van der Waals surface area contributed by atoms with Crippen LogP contribution < -0.4 is 19.5 Å². The Morgan fingerprint density at radius 2 is 1.47 bits per heavy atom. The molecular weight excluding hydrogens is 456 g/mol. The standard InChI is InChI=1S/C25H30N2O6S/c1-16(28)24-21(26)13-14-22(25(24)29)27(34(4,30)31)23(18-7-11-20(33-3)12-8-18)15-17-5-9-19(32-2)10-6-17/h5-14,16,23,28-29H,15,26H2,1-4H3. The third-order valence-electron chi connectivity index (χ3n) is 5.61. The summed E-state index contributed by atoms with van der Waals surface area (Å²) in [5.41, 5.74) is 7.78. The summed E-state index contributed by atoms with van der Waals surface area (Å²) >= 11 is 0. The molecule has 0 aliphatic rings. The predicted octanol–water partition coefficient (Wildman–Crippen LogP) is 3.79. The van der Waals surface area contributed by atoms with Crippen molar-refractivity contribution >= 4 is 21.4 Å². The van der Waals surface area contributed by atoms with E-state index in [-0.39, 0.29) is 22.7 Å². The number of aliphatic hydroxyl groups excluding tert-OH is 1. The minimum atomic E-state index is -3.90. The number of nitrogen functional groups attached to an aromatic ring is 1. The summed E-state index contributed by atoms with van der Waals surface area (Å²) in [5, 5.41) is 21.2. The molecule has 0 aromatic heterocycles. The summed E-state index contributed by atoms with van der Waals surface area (Å²) in [4.78, 5) is 0. The number of hydrogen-bond acceptors (Lipinski definition) is 7. The zero-order valence-electron chi connectivity index (χ0n) is 19.6. The molecule has 0 heterocycles. The van der Waals surface area contributed by atoms with Gasteiger partial charge in [-0.05, 0) is 60.9 Å². The monoisotopic (exact) mass is 486 g/mol. The van der Waals surface area contributed by atoms with Crippen LogP contribution in [0, 0.1) is 0 Å². The molecule has 8 nitrogen and oxygen atoms in total. The first-order valence-electron chi connectivity index (χ1n) is 10.6. The summed E-state index contributed by atoms with van der Waals surface area (Å²) in [7, 11) is -0.771. The number of phenolic OH excluding ortho intramolecular Hbond substituents is 1. The Morgan fingerprint density at radius 1 is 0.941 bits per heavy atom. The number of phenols is 1. The normalized spacial score (nSPS) is 13.2. The molecule has 2 unspecified atom stereocenters. The van der Waals surface area contributed by atoms with Crippen LogP contribution in [0.3, 0.4) is 0 Å². The molecule has 0 bridgehead atoms. The molecule has 0 aliphatic heterocycles. The highest BCUT2D eigenvalue weighted by molar-refractivity contribution is 7.92. The minimum Gasteiger partial charge on any atom is -0.505 e. The van der Waals surface area contributed by atoms with Gasteiger partial charge < -0.3 is 25.4 Å². The number of ether oxygens (including phenoxy) is 2. The van der Waals surface area contributed by atoms with E-state index in [4.69, 9.17) is 15.2 Å². The van der Waals surface area contributed by atoms with E-state index in [9.17, 15) is 18.6 Å². The van der Waals surface area contributed by atoms with Gasteiger partial charge in [0.2, 0.25) is 10.0 Å². The Kier molecular flexibility index (Phi) is 7.58. The van der Waals surface area contributed by atoms with Crippen LogP contribution in [0.4, 0.5) is 11.4 Å². The number of benzene rings is 3. The topological polar surface area (TPSA) is 122 Å². The Morgan fingerprint density at radius 3 is 1.94 bits per heavy atom. The maximum atomic E-state index is 13.2. The van der Waals surface area contributed by atoms with Crippen molar-refractivity contribution in [3.63, 3.8) is 0 Å². The van der Waals surface area contributed by atoms with Gasteiger partial charge in [-0.15, -0.1) is 0 Å². The van der Waals surface area contributed by atoms with Crippen LogP contribution in [0.5, 0.6) is 17.2 Å². The van der Waals surface area contributed by atoms with Gasteiger partial charge in [-0.1, -0.05) is 24.3 Å². The molecule has 0 fully saturated rings. The molecule has 3 aromatic rings. The van der Waals surface area contributed by atoms with Crippen molar-refractivity contribution in [2.45, 2.75) is 25.5 Å². The number of rotatable bonds is 9. The number of sulfonamides is 1. The summed E-state index contributed by atoms with van der Waals surface area (Å²) in [5.74, 6) is 0.931. The zero-order valence-corrected chi connectivity index (χ0v) is 20.4. The average molecular weight is 487 g/mol. The first-order chi connectivity index (χ1) is 16.1. The maximum Gasteiger partial charge on any atom is 0.232 e. The third kappa shape index (κ3) is 5.37. The van der Waals surface area contributed by atoms with E-state index in [1.807, 2.05) is 12.1 Å². The Labute approximate surface area is 200 Å². The highest BCUT2D eigenvalue weighted by Gasteiger charge is 2.32. The third-order valence-corrected chi connectivity index (χ3v) is 6.78. The molecule has 9 heteroatoms. The van der Waals surface area contributed by atoms with Gasteiger partial charge in [0, 0.05) is 11.3 Å². The summed E-state index contributed by atoms with van der Waals surface area (Å²) < 4.78 is 38.0. The van der Waals surface area contributed by atoms with Gasteiger partial charge in [0.25, 0.3) is 0 Å². The molecular formula is C25H30N2O6S. The van der Waals surface area contributed by atoms with Gasteiger partial charge in [-0.3, -0.25) is 4.31 Å². The molecule has 0 spiro atoms. The molecule has 3 aromatic carbocycles. The van der Waals surface area contributed by atoms with E-state index >= 15 is 0 Å². The minimum absolute atomic E-state index is 0.0296. The number of methoxy groups -OCH3 is 2. The summed E-state index contributed by atoms with van der Waals surface area (Å²) in [6.07, 6.45) is 0.287. The molecule has 4 N–H and O–H groups in total. The number of aromatic hydroxyl groups is 1. The quantitative estimate of drug-likeness (QED) is 0.393. The Hall–Kier alpha value is -3.43. The number of nitrogens with two attached hydrogens (primary N) is 1. The fraction of sp³-hybridized carbons (Fsp3) is 0.280. The van der Waals surface area contributed by atoms with E-state index in [1.165, 1.54) is 23.4 Å². The molecule has 3 rings (SSSR count). The second kappa shape index (κ2) is 10.2. The number of aliphatic hydroxyl groups is 1.